The number of alkyl halides is 2. The minimum absolute atomic E-state index is 0.0716. The first-order valence-corrected chi connectivity index (χ1v) is 8.63. The van der Waals surface area contributed by atoms with E-state index in [2.05, 4.69) is 25.7 Å². The second-order valence-corrected chi connectivity index (χ2v) is 6.43. The highest BCUT2D eigenvalue weighted by Gasteiger charge is 2.31. The van der Waals surface area contributed by atoms with Crippen LogP contribution in [-0.2, 0) is 4.79 Å². The Morgan fingerprint density at radius 3 is 2.60 bits per heavy atom. The molecule has 30 heavy (non-hydrogen) atoms. The number of nitrogens with zero attached hydrogens (tertiary/aromatic N) is 1. The largest absolute Gasteiger partial charge is 0.414 e. The van der Waals surface area contributed by atoms with Crippen molar-refractivity contribution in [1.29, 1.82) is 0 Å². The Labute approximate surface area is 170 Å². The van der Waals surface area contributed by atoms with E-state index in [1.54, 1.807) is 0 Å². The van der Waals surface area contributed by atoms with Crippen LogP contribution in [0.15, 0.2) is 24.4 Å². The molecule has 160 valence electrons. The van der Waals surface area contributed by atoms with E-state index in [4.69, 9.17) is 11.6 Å². The normalized spacial score (nSPS) is 16.8. The molecule has 0 radical (unpaired) electrons. The molecule has 13 heteroatoms. The fourth-order valence-corrected chi connectivity index (χ4v) is 2.90. The molecular formula is C17H12ClF5N4O3. The number of urea groups is 1. The zero-order valence-corrected chi connectivity index (χ0v) is 15.4. The van der Waals surface area contributed by atoms with Gasteiger partial charge in [-0.2, -0.15) is 8.78 Å². The SMILES string of the molecule is O=C1NCC(C(=O)N[C@H](c2cnc(OC(F)F)c(F)c2)c2ccc(F)c(Cl)c2F)N1. The molecule has 1 saturated heterocycles. The van der Waals surface area contributed by atoms with Crippen LogP contribution in [0.2, 0.25) is 5.02 Å². The summed E-state index contributed by atoms with van der Waals surface area (Å²) in [6.07, 6.45) is 0.869. The highest BCUT2D eigenvalue weighted by Crippen LogP contribution is 2.31. The van der Waals surface area contributed by atoms with Crippen LogP contribution >= 0.6 is 11.6 Å². The number of hydrogen-bond donors (Lipinski definition) is 3. The van der Waals surface area contributed by atoms with Gasteiger partial charge in [0.05, 0.1) is 6.04 Å². The van der Waals surface area contributed by atoms with Crippen molar-refractivity contribution in [3.8, 4) is 5.88 Å². The topological polar surface area (TPSA) is 92.4 Å². The summed E-state index contributed by atoms with van der Waals surface area (Å²) in [5, 5.41) is 6.16. The zero-order valence-electron chi connectivity index (χ0n) is 14.7. The number of carbonyl (C=O) groups is 2. The van der Waals surface area contributed by atoms with Gasteiger partial charge in [0.25, 0.3) is 5.88 Å². The molecule has 3 amide bonds. The van der Waals surface area contributed by atoms with Crippen molar-refractivity contribution in [2.75, 3.05) is 6.54 Å². The van der Waals surface area contributed by atoms with E-state index >= 15 is 0 Å². The molecule has 1 aliphatic heterocycles. The number of hydrogen-bond acceptors (Lipinski definition) is 4. The lowest BCUT2D eigenvalue weighted by molar-refractivity contribution is -0.122. The number of carbonyl (C=O) groups excluding carboxylic acids is 2. The van der Waals surface area contributed by atoms with Gasteiger partial charge in [0.2, 0.25) is 5.91 Å². The number of rotatable bonds is 6. The molecule has 3 N–H and O–H groups in total. The first kappa shape index (κ1) is 21.6. The van der Waals surface area contributed by atoms with Crippen LogP contribution in [0.5, 0.6) is 5.88 Å². The lowest BCUT2D eigenvalue weighted by atomic mass is 9.98. The number of benzene rings is 1. The van der Waals surface area contributed by atoms with E-state index in [0.717, 1.165) is 18.3 Å². The zero-order chi connectivity index (χ0) is 22.0. The Balaban J connectivity index is 1.99. The van der Waals surface area contributed by atoms with E-state index in [1.807, 2.05) is 0 Å². The molecule has 0 aliphatic carbocycles. The maximum Gasteiger partial charge on any atom is 0.388 e. The van der Waals surface area contributed by atoms with Crippen LogP contribution in [-0.4, -0.2) is 36.1 Å². The lowest BCUT2D eigenvalue weighted by Gasteiger charge is -2.22. The van der Waals surface area contributed by atoms with Crippen LogP contribution < -0.4 is 20.7 Å². The Morgan fingerprint density at radius 1 is 1.27 bits per heavy atom. The van der Waals surface area contributed by atoms with Gasteiger partial charge in [-0.25, -0.2) is 22.9 Å². The van der Waals surface area contributed by atoms with E-state index in [-0.39, 0.29) is 17.7 Å². The summed E-state index contributed by atoms with van der Waals surface area (Å²) in [6, 6.07) is -0.596. The predicted molar refractivity (Wildman–Crippen MR) is 92.5 cm³/mol. The summed E-state index contributed by atoms with van der Waals surface area (Å²) >= 11 is 5.59. The van der Waals surface area contributed by atoms with Crippen molar-refractivity contribution >= 4 is 23.5 Å². The summed E-state index contributed by atoms with van der Waals surface area (Å²) in [5.41, 5.74) is -0.530. The minimum atomic E-state index is -3.33. The standard InChI is InChI=1S/C17H12ClF5N4O3/c18-11-8(19)2-1-7(12(11)21)13(27-14(28)10-5-25-17(29)26-10)6-3-9(20)15(24-4-6)30-16(22)23/h1-4,10,13,16H,5H2,(H,27,28)(H2,25,26,29)/t10?,13-/m1/s1. The maximum atomic E-state index is 14.6. The van der Waals surface area contributed by atoms with Crippen molar-refractivity contribution in [3.05, 3.63) is 58.0 Å². The van der Waals surface area contributed by atoms with Crippen molar-refractivity contribution in [2.24, 2.45) is 0 Å². The highest BCUT2D eigenvalue weighted by molar-refractivity contribution is 6.31. The van der Waals surface area contributed by atoms with Crippen molar-refractivity contribution < 1.29 is 36.3 Å². The van der Waals surface area contributed by atoms with Gasteiger partial charge in [-0.15, -0.1) is 0 Å². The molecular weight excluding hydrogens is 439 g/mol. The van der Waals surface area contributed by atoms with Gasteiger partial charge in [0.1, 0.15) is 22.7 Å². The summed E-state index contributed by atoms with van der Waals surface area (Å²) < 4.78 is 70.8. The fourth-order valence-electron chi connectivity index (χ4n) is 2.73. The second kappa shape index (κ2) is 8.69. The van der Waals surface area contributed by atoms with Crippen molar-refractivity contribution in [3.63, 3.8) is 0 Å². The average molecular weight is 451 g/mol. The van der Waals surface area contributed by atoms with Gasteiger partial charge < -0.3 is 20.7 Å². The van der Waals surface area contributed by atoms with Crippen LogP contribution in [0.3, 0.4) is 0 Å². The highest BCUT2D eigenvalue weighted by atomic mass is 35.5. The average Bonchev–Trinajstić information content (AvgIpc) is 3.12. The molecule has 2 heterocycles. The number of nitrogens with one attached hydrogen (secondary N) is 3. The Morgan fingerprint density at radius 2 is 2.00 bits per heavy atom. The van der Waals surface area contributed by atoms with Crippen LogP contribution in [0, 0.1) is 17.5 Å². The van der Waals surface area contributed by atoms with Gasteiger partial charge in [0.15, 0.2) is 5.82 Å². The molecule has 0 saturated carbocycles. The fraction of sp³-hybridized carbons (Fsp3) is 0.235. The number of halogens is 6. The monoisotopic (exact) mass is 450 g/mol. The molecule has 2 aromatic rings. The van der Waals surface area contributed by atoms with E-state index in [0.29, 0.717) is 6.07 Å². The summed E-state index contributed by atoms with van der Waals surface area (Å²) in [4.78, 5) is 27.1. The first-order chi connectivity index (χ1) is 14.2. The number of amides is 3. The molecule has 0 bridgehead atoms. The second-order valence-electron chi connectivity index (χ2n) is 6.05. The van der Waals surface area contributed by atoms with Crippen molar-refractivity contribution in [1.82, 2.24) is 20.9 Å². The molecule has 1 fully saturated rings. The third kappa shape index (κ3) is 4.53. The van der Waals surface area contributed by atoms with E-state index in [1.165, 1.54) is 0 Å². The van der Waals surface area contributed by atoms with E-state index in [9.17, 15) is 31.5 Å². The van der Waals surface area contributed by atoms with Crippen LogP contribution in [0.4, 0.5) is 26.7 Å². The van der Waals surface area contributed by atoms with Gasteiger partial charge in [0, 0.05) is 23.9 Å². The Bertz CT molecular complexity index is 994. The lowest BCUT2D eigenvalue weighted by Crippen LogP contribution is -2.44. The van der Waals surface area contributed by atoms with Crippen LogP contribution in [0.25, 0.3) is 0 Å². The third-order valence-corrected chi connectivity index (χ3v) is 4.46. The molecule has 1 aliphatic rings. The van der Waals surface area contributed by atoms with Crippen LogP contribution in [0.1, 0.15) is 17.2 Å². The molecule has 1 aromatic carbocycles. The molecule has 2 atom stereocenters. The number of pyridine rings is 1. The smallest absolute Gasteiger partial charge is 0.388 e. The molecule has 3 rings (SSSR count). The van der Waals surface area contributed by atoms with Crippen molar-refractivity contribution in [2.45, 2.75) is 18.7 Å². The Hall–Kier alpha value is -3.15. The summed E-state index contributed by atoms with van der Waals surface area (Å²) in [7, 11) is 0. The summed E-state index contributed by atoms with van der Waals surface area (Å²) in [6.45, 7) is -3.40. The van der Waals surface area contributed by atoms with E-state index < -0.39 is 59.0 Å². The maximum absolute atomic E-state index is 14.6. The third-order valence-electron chi connectivity index (χ3n) is 4.11. The minimum Gasteiger partial charge on any atom is -0.414 e. The summed E-state index contributed by atoms with van der Waals surface area (Å²) in [5.74, 6) is -5.41. The van der Waals surface area contributed by atoms with Gasteiger partial charge in [-0.3, -0.25) is 4.79 Å². The molecule has 1 unspecified atom stereocenters. The molecule has 7 nitrogen and oxygen atoms in total. The molecule has 1 aromatic heterocycles. The number of ether oxygens (including phenoxy) is 1. The molecule has 0 spiro atoms. The quantitative estimate of drug-likeness (QED) is 0.466. The predicted octanol–water partition coefficient (Wildman–Crippen LogP) is 2.64. The Kier molecular flexibility index (Phi) is 6.25. The van der Waals surface area contributed by atoms with Gasteiger partial charge in [-0.05, 0) is 12.1 Å². The first-order valence-electron chi connectivity index (χ1n) is 8.25. The van der Waals surface area contributed by atoms with Gasteiger partial charge in [-0.1, -0.05) is 17.7 Å². The number of aromatic nitrogens is 1. The van der Waals surface area contributed by atoms with Gasteiger partial charge >= 0.3 is 12.6 Å².